The lowest BCUT2D eigenvalue weighted by atomic mass is 10.1. The Morgan fingerprint density at radius 3 is 2.39 bits per heavy atom. The Labute approximate surface area is 203 Å². The summed E-state index contributed by atoms with van der Waals surface area (Å²) in [5.41, 5.74) is 2.18. The first-order valence-electron chi connectivity index (χ1n) is 10.3. The largest absolute Gasteiger partial charge is 0.489 e. The molecule has 0 saturated carbocycles. The fourth-order valence-corrected chi connectivity index (χ4v) is 4.81. The molecule has 3 rings (SSSR count). The second kappa shape index (κ2) is 11.2. The summed E-state index contributed by atoms with van der Waals surface area (Å²) < 4.78 is 29.8. The third-order valence-corrected chi connectivity index (χ3v) is 7.87. The van der Waals surface area contributed by atoms with E-state index in [1.54, 1.807) is 13.8 Å². The number of halogens is 1. The van der Waals surface area contributed by atoms with Gasteiger partial charge >= 0.3 is 0 Å². The van der Waals surface area contributed by atoms with Crippen LogP contribution in [0.2, 0.25) is 0 Å². The molecule has 0 bridgehead atoms. The zero-order chi connectivity index (χ0) is 21.6. The van der Waals surface area contributed by atoms with Gasteiger partial charge in [0.15, 0.2) is 15.8 Å². The first-order chi connectivity index (χ1) is 14.3. The molecular weight excluding hydrogens is 525 g/mol. The minimum Gasteiger partial charge on any atom is -0.489 e. The van der Waals surface area contributed by atoms with E-state index >= 15 is 0 Å². The van der Waals surface area contributed by atoms with Gasteiger partial charge in [-0.05, 0) is 44.0 Å². The van der Waals surface area contributed by atoms with Crippen molar-refractivity contribution in [3.8, 4) is 5.75 Å². The number of sulfone groups is 1. The Balaban J connectivity index is 0.00000341. The molecule has 0 aliphatic carbocycles. The molecule has 2 aromatic carbocycles. The van der Waals surface area contributed by atoms with E-state index in [0.717, 1.165) is 29.4 Å². The number of guanidine groups is 1. The summed E-state index contributed by atoms with van der Waals surface area (Å²) >= 11 is 0. The number of hydrogen-bond acceptors (Lipinski definition) is 4. The predicted octanol–water partition coefficient (Wildman–Crippen LogP) is 3.86. The fourth-order valence-electron chi connectivity index (χ4n) is 3.44. The maximum absolute atomic E-state index is 12.3. The molecule has 0 spiro atoms. The molecule has 0 atom stereocenters. The number of benzene rings is 2. The van der Waals surface area contributed by atoms with Crippen LogP contribution >= 0.6 is 24.0 Å². The maximum Gasteiger partial charge on any atom is 0.194 e. The Kier molecular flexibility index (Phi) is 9.17. The van der Waals surface area contributed by atoms with Crippen molar-refractivity contribution in [2.24, 2.45) is 4.99 Å². The van der Waals surface area contributed by atoms with Gasteiger partial charge in [-0.1, -0.05) is 42.5 Å². The highest BCUT2D eigenvalue weighted by Gasteiger charge is 2.40. The molecule has 1 saturated heterocycles. The lowest BCUT2D eigenvalue weighted by Crippen LogP contribution is -2.57. The van der Waals surface area contributed by atoms with Crippen molar-refractivity contribution >= 4 is 39.8 Å². The molecule has 31 heavy (non-hydrogen) atoms. The first-order valence-corrected chi connectivity index (χ1v) is 12.0. The Hall–Kier alpha value is -1.81. The second-order valence-electron chi connectivity index (χ2n) is 8.04. The van der Waals surface area contributed by atoms with Crippen LogP contribution in [0.3, 0.4) is 0 Å². The van der Waals surface area contributed by atoms with E-state index in [9.17, 15) is 8.42 Å². The molecule has 1 aliphatic heterocycles. The van der Waals surface area contributed by atoms with Gasteiger partial charge < -0.3 is 15.0 Å². The van der Waals surface area contributed by atoms with E-state index < -0.39 is 14.6 Å². The third kappa shape index (κ3) is 6.58. The van der Waals surface area contributed by atoms with Gasteiger partial charge in [0.1, 0.15) is 12.4 Å². The molecule has 0 unspecified atom stereocenters. The van der Waals surface area contributed by atoms with Gasteiger partial charge in [-0.3, -0.25) is 0 Å². The summed E-state index contributed by atoms with van der Waals surface area (Å²) in [6.45, 7) is 8.17. The molecule has 1 fully saturated rings. The van der Waals surface area contributed by atoms with Gasteiger partial charge in [-0.25, -0.2) is 13.4 Å². The number of aliphatic imine (C=N–C) groups is 1. The highest BCUT2D eigenvalue weighted by molar-refractivity contribution is 14.0. The van der Waals surface area contributed by atoms with Crippen molar-refractivity contribution in [1.29, 1.82) is 0 Å². The van der Waals surface area contributed by atoms with Crippen LogP contribution in [0.5, 0.6) is 5.75 Å². The second-order valence-corrected chi connectivity index (χ2v) is 10.8. The van der Waals surface area contributed by atoms with E-state index in [-0.39, 0.29) is 29.7 Å². The minimum atomic E-state index is -3.09. The van der Waals surface area contributed by atoms with Gasteiger partial charge in [-0.15, -0.1) is 24.0 Å². The van der Waals surface area contributed by atoms with Crippen LogP contribution in [0, 0.1) is 0 Å². The van der Waals surface area contributed by atoms with E-state index in [0.29, 0.717) is 26.2 Å². The zero-order valence-electron chi connectivity index (χ0n) is 18.4. The van der Waals surface area contributed by atoms with E-state index in [1.165, 1.54) is 0 Å². The number of nitrogens with one attached hydrogen (secondary N) is 1. The average molecular weight is 557 g/mol. The lowest BCUT2D eigenvalue weighted by Gasteiger charge is -2.39. The summed E-state index contributed by atoms with van der Waals surface area (Å²) in [5, 5.41) is 3.31. The molecule has 0 aromatic heterocycles. The fraction of sp³-hybridized carbons (Fsp3) is 0.435. The van der Waals surface area contributed by atoms with E-state index in [4.69, 9.17) is 9.73 Å². The van der Waals surface area contributed by atoms with Crippen molar-refractivity contribution in [3.05, 3.63) is 65.7 Å². The summed E-state index contributed by atoms with van der Waals surface area (Å²) in [6.07, 6.45) is 0. The highest BCUT2D eigenvalue weighted by Crippen LogP contribution is 2.24. The standard InChI is InChI=1S/C23H31N3O3S.HI/c1-4-24-22(26-14-15-30(27,28)23(2,3)18-26)25-16-19-10-8-9-11-20(19)17-29-21-12-6-5-7-13-21;/h5-13H,4,14-18H2,1-3H3,(H,24,25);1H. The molecule has 170 valence electrons. The van der Waals surface area contributed by atoms with Crippen LogP contribution in [-0.2, 0) is 23.0 Å². The van der Waals surface area contributed by atoms with Crippen LogP contribution in [0.25, 0.3) is 0 Å². The quantitative estimate of drug-likeness (QED) is 0.332. The normalized spacial score (nSPS) is 17.5. The molecular formula is C23H32IN3O3S. The molecule has 1 heterocycles. The van der Waals surface area contributed by atoms with Gasteiger partial charge in [0.05, 0.1) is 17.0 Å². The number of rotatable bonds is 6. The smallest absolute Gasteiger partial charge is 0.194 e. The average Bonchev–Trinajstić information content (AvgIpc) is 2.73. The maximum atomic E-state index is 12.3. The first kappa shape index (κ1) is 25.5. The molecule has 0 radical (unpaired) electrons. The van der Waals surface area contributed by atoms with E-state index in [1.807, 2.05) is 54.3 Å². The monoisotopic (exact) mass is 557 g/mol. The predicted molar refractivity (Wildman–Crippen MR) is 137 cm³/mol. The zero-order valence-corrected chi connectivity index (χ0v) is 21.5. The Bertz CT molecular complexity index is 979. The number of para-hydroxylation sites is 1. The number of ether oxygens (including phenoxy) is 1. The molecule has 6 nitrogen and oxygen atoms in total. The van der Waals surface area contributed by atoms with Gasteiger partial charge in [0.2, 0.25) is 0 Å². The minimum absolute atomic E-state index is 0. The van der Waals surface area contributed by atoms with Crippen LogP contribution in [0.1, 0.15) is 31.9 Å². The van der Waals surface area contributed by atoms with Gasteiger partial charge in [-0.2, -0.15) is 0 Å². The van der Waals surface area contributed by atoms with Crippen molar-refractivity contribution in [2.45, 2.75) is 38.7 Å². The third-order valence-electron chi connectivity index (χ3n) is 5.33. The lowest BCUT2D eigenvalue weighted by molar-refractivity contribution is 0.305. The van der Waals surface area contributed by atoms with Crippen LogP contribution in [-0.4, -0.2) is 49.4 Å². The Morgan fingerprint density at radius 2 is 1.74 bits per heavy atom. The molecule has 1 N–H and O–H groups in total. The van der Waals surface area contributed by atoms with Gasteiger partial charge in [0, 0.05) is 19.6 Å². The number of nitrogens with zero attached hydrogens (tertiary/aromatic N) is 2. The summed E-state index contributed by atoms with van der Waals surface area (Å²) in [5.74, 6) is 1.73. The van der Waals surface area contributed by atoms with Crippen LogP contribution < -0.4 is 10.1 Å². The van der Waals surface area contributed by atoms with Crippen molar-refractivity contribution < 1.29 is 13.2 Å². The van der Waals surface area contributed by atoms with E-state index in [2.05, 4.69) is 17.4 Å². The summed E-state index contributed by atoms with van der Waals surface area (Å²) in [6, 6.07) is 17.9. The number of hydrogen-bond donors (Lipinski definition) is 1. The topological polar surface area (TPSA) is 71.0 Å². The van der Waals surface area contributed by atoms with Crippen molar-refractivity contribution in [1.82, 2.24) is 10.2 Å². The molecule has 2 aromatic rings. The molecule has 0 amide bonds. The SMILES string of the molecule is CCNC(=NCc1ccccc1COc1ccccc1)N1CCS(=O)(=O)C(C)(C)C1.I. The summed E-state index contributed by atoms with van der Waals surface area (Å²) in [7, 11) is -3.09. The summed E-state index contributed by atoms with van der Waals surface area (Å²) in [4.78, 5) is 6.87. The highest BCUT2D eigenvalue weighted by atomic mass is 127. The molecule has 1 aliphatic rings. The Morgan fingerprint density at radius 1 is 1.10 bits per heavy atom. The van der Waals surface area contributed by atoms with Crippen LogP contribution in [0.4, 0.5) is 0 Å². The van der Waals surface area contributed by atoms with Crippen molar-refractivity contribution in [3.63, 3.8) is 0 Å². The van der Waals surface area contributed by atoms with Crippen LogP contribution in [0.15, 0.2) is 59.6 Å². The molecule has 8 heteroatoms. The van der Waals surface area contributed by atoms with Gasteiger partial charge in [0.25, 0.3) is 0 Å². The van der Waals surface area contributed by atoms with Crippen molar-refractivity contribution in [2.75, 3.05) is 25.4 Å².